The molecular weight excluding hydrogens is 318 g/mol. The lowest BCUT2D eigenvalue weighted by molar-refractivity contribution is -0.138. The molecule has 2 rings (SSSR count). The van der Waals surface area contributed by atoms with Crippen LogP contribution in [0.5, 0.6) is 5.75 Å². The summed E-state index contributed by atoms with van der Waals surface area (Å²) in [5.41, 5.74) is 2.34. The van der Waals surface area contributed by atoms with Gasteiger partial charge in [0.25, 0.3) is 0 Å². The molecule has 0 radical (unpaired) electrons. The second-order valence-corrected chi connectivity index (χ2v) is 5.72. The first-order chi connectivity index (χ1) is 12.1. The molecule has 1 amide bonds. The Kier molecular flexibility index (Phi) is 7.50. The van der Waals surface area contributed by atoms with E-state index in [9.17, 15) is 9.59 Å². The van der Waals surface area contributed by atoms with Crippen LogP contribution >= 0.6 is 0 Å². The van der Waals surface area contributed by atoms with Gasteiger partial charge in [-0.3, -0.25) is 9.59 Å². The van der Waals surface area contributed by atoms with Gasteiger partial charge >= 0.3 is 5.97 Å². The number of hydrogen-bond donors (Lipinski definition) is 2. The number of carbonyl (C=O) groups is 2. The molecule has 0 saturated heterocycles. The van der Waals surface area contributed by atoms with Crippen molar-refractivity contribution in [3.63, 3.8) is 0 Å². The Balaban J connectivity index is 1.65. The van der Waals surface area contributed by atoms with E-state index in [0.29, 0.717) is 19.6 Å². The van der Waals surface area contributed by atoms with E-state index >= 15 is 0 Å². The standard InChI is InChI=1S/C20H23NO4/c22-19(10-11-20(23)24)21-14-12-17-6-8-18(9-7-17)25-15-13-16-4-2-1-3-5-16/h1-9H,10-15H2,(H,21,22)(H,23,24). The van der Waals surface area contributed by atoms with E-state index in [-0.39, 0.29) is 18.7 Å². The van der Waals surface area contributed by atoms with Crippen molar-refractivity contribution in [3.8, 4) is 5.75 Å². The molecule has 0 fully saturated rings. The van der Waals surface area contributed by atoms with Crippen LogP contribution < -0.4 is 10.1 Å². The van der Waals surface area contributed by atoms with Crippen LogP contribution in [-0.4, -0.2) is 30.1 Å². The zero-order valence-corrected chi connectivity index (χ0v) is 14.1. The Hall–Kier alpha value is -2.82. The predicted molar refractivity (Wildman–Crippen MR) is 95.7 cm³/mol. The number of aliphatic carboxylic acids is 1. The molecule has 0 spiro atoms. The molecule has 0 heterocycles. The molecule has 0 unspecified atom stereocenters. The molecule has 132 valence electrons. The fourth-order valence-corrected chi connectivity index (χ4v) is 2.34. The molecule has 0 saturated carbocycles. The van der Waals surface area contributed by atoms with Gasteiger partial charge < -0.3 is 15.2 Å². The van der Waals surface area contributed by atoms with Crippen molar-refractivity contribution < 1.29 is 19.4 Å². The monoisotopic (exact) mass is 341 g/mol. The summed E-state index contributed by atoms with van der Waals surface area (Å²) >= 11 is 0. The van der Waals surface area contributed by atoms with E-state index in [0.717, 1.165) is 17.7 Å². The highest BCUT2D eigenvalue weighted by Crippen LogP contribution is 2.13. The Morgan fingerprint density at radius 2 is 1.56 bits per heavy atom. The third-order valence-corrected chi connectivity index (χ3v) is 3.73. The summed E-state index contributed by atoms with van der Waals surface area (Å²) in [5, 5.41) is 11.2. The van der Waals surface area contributed by atoms with Crippen molar-refractivity contribution in [2.24, 2.45) is 0 Å². The quantitative estimate of drug-likeness (QED) is 0.697. The van der Waals surface area contributed by atoms with Crippen LogP contribution in [-0.2, 0) is 22.4 Å². The molecule has 0 aromatic heterocycles. The lowest BCUT2D eigenvalue weighted by atomic mass is 10.1. The summed E-state index contributed by atoms with van der Waals surface area (Å²) in [4.78, 5) is 21.8. The molecule has 5 heteroatoms. The summed E-state index contributed by atoms with van der Waals surface area (Å²) in [7, 11) is 0. The highest BCUT2D eigenvalue weighted by atomic mass is 16.5. The summed E-state index contributed by atoms with van der Waals surface area (Å²) in [6, 6.07) is 18.0. The van der Waals surface area contributed by atoms with Gasteiger partial charge in [0, 0.05) is 19.4 Å². The minimum Gasteiger partial charge on any atom is -0.493 e. The molecule has 0 aliphatic rings. The van der Waals surface area contributed by atoms with E-state index < -0.39 is 5.97 Å². The molecule has 5 nitrogen and oxygen atoms in total. The van der Waals surface area contributed by atoms with Crippen LogP contribution in [0.2, 0.25) is 0 Å². The topological polar surface area (TPSA) is 75.6 Å². The SMILES string of the molecule is O=C(O)CCC(=O)NCCc1ccc(OCCc2ccccc2)cc1. The Bertz CT molecular complexity index is 668. The van der Waals surface area contributed by atoms with Crippen LogP contribution in [0.4, 0.5) is 0 Å². The van der Waals surface area contributed by atoms with Gasteiger partial charge in [0.2, 0.25) is 5.91 Å². The third-order valence-electron chi connectivity index (χ3n) is 3.73. The minimum atomic E-state index is -0.960. The number of nitrogens with one attached hydrogen (secondary N) is 1. The van der Waals surface area contributed by atoms with Crippen LogP contribution in [0.15, 0.2) is 54.6 Å². The number of carboxylic acids is 1. The number of ether oxygens (including phenoxy) is 1. The van der Waals surface area contributed by atoms with E-state index in [1.54, 1.807) is 0 Å². The molecule has 2 aromatic rings. The fraction of sp³-hybridized carbons (Fsp3) is 0.300. The van der Waals surface area contributed by atoms with Gasteiger partial charge in [0.15, 0.2) is 0 Å². The molecule has 0 aliphatic carbocycles. The first-order valence-electron chi connectivity index (χ1n) is 8.37. The normalized spacial score (nSPS) is 10.2. The lowest BCUT2D eigenvalue weighted by Gasteiger charge is -2.08. The summed E-state index contributed by atoms with van der Waals surface area (Å²) in [5.74, 6) is -0.369. The van der Waals surface area contributed by atoms with Crippen LogP contribution in [0.1, 0.15) is 24.0 Å². The Morgan fingerprint density at radius 3 is 2.24 bits per heavy atom. The van der Waals surface area contributed by atoms with Gasteiger partial charge in [-0.1, -0.05) is 42.5 Å². The van der Waals surface area contributed by atoms with Crippen molar-refractivity contribution in [2.45, 2.75) is 25.7 Å². The maximum Gasteiger partial charge on any atom is 0.303 e. The minimum absolute atomic E-state index is 0.0174. The van der Waals surface area contributed by atoms with Crippen LogP contribution in [0.3, 0.4) is 0 Å². The van der Waals surface area contributed by atoms with Crippen molar-refractivity contribution in [3.05, 3.63) is 65.7 Å². The zero-order valence-electron chi connectivity index (χ0n) is 14.1. The van der Waals surface area contributed by atoms with Gasteiger partial charge in [-0.15, -0.1) is 0 Å². The number of hydrogen-bond acceptors (Lipinski definition) is 3. The van der Waals surface area contributed by atoms with E-state index in [2.05, 4.69) is 17.4 Å². The molecule has 25 heavy (non-hydrogen) atoms. The van der Waals surface area contributed by atoms with Crippen molar-refractivity contribution in [2.75, 3.05) is 13.2 Å². The van der Waals surface area contributed by atoms with Gasteiger partial charge in [0.1, 0.15) is 5.75 Å². The average Bonchev–Trinajstić information content (AvgIpc) is 2.62. The van der Waals surface area contributed by atoms with E-state index in [1.807, 2.05) is 42.5 Å². The smallest absolute Gasteiger partial charge is 0.303 e. The van der Waals surface area contributed by atoms with Crippen molar-refractivity contribution in [1.29, 1.82) is 0 Å². The molecule has 2 N–H and O–H groups in total. The van der Waals surface area contributed by atoms with Crippen LogP contribution in [0, 0.1) is 0 Å². The highest BCUT2D eigenvalue weighted by molar-refractivity contribution is 5.80. The largest absolute Gasteiger partial charge is 0.493 e. The first-order valence-corrected chi connectivity index (χ1v) is 8.37. The van der Waals surface area contributed by atoms with Crippen molar-refractivity contribution in [1.82, 2.24) is 5.32 Å². The lowest BCUT2D eigenvalue weighted by Crippen LogP contribution is -2.25. The second kappa shape index (κ2) is 10.1. The van der Waals surface area contributed by atoms with Crippen molar-refractivity contribution >= 4 is 11.9 Å². The number of carboxylic acid groups (broad SMARTS) is 1. The Morgan fingerprint density at radius 1 is 0.880 bits per heavy atom. The molecule has 0 aliphatic heterocycles. The fourth-order valence-electron chi connectivity index (χ4n) is 2.34. The number of benzene rings is 2. The van der Waals surface area contributed by atoms with Gasteiger partial charge in [-0.2, -0.15) is 0 Å². The Labute approximate surface area is 147 Å². The maximum atomic E-state index is 11.4. The zero-order chi connectivity index (χ0) is 17.9. The molecule has 2 aromatic carbocycles. The van der Waals surface area contributed by atoms with E-state index in [1.165, 1.54) is 5.56 Å². The molecule has 0 atom stereocenters. The maximum absolute atomic E-state index is 11.4. The number of rotatable bonds is 10. The van der Waals surface area contributed by atoms with E-state index in [4.69, 9.17) is 9.84 Å². The highest BCUT2D eigenvalue weighted by Gasteiger charge is 2.04. The number of carbonyl (C=O) groups excluding carboxylic acids is 1. The van der Waals surface area contributed by atoms with Gasteiger partial charge in [-0.25, -0.2) is 0 Å². The predicted octanol–water partition coefficient (Wildman–Crippen LogP) is 2.83. The first kappa shape index (κ1) is 18.5. The molecule has 0 bridgehead atoms. The van der Waals surface area contributed by atoms with Crippen LogP contribution in [0.25, 0.3) is 0 Å². The van der Waals surface area contributed by atoms with Gasteiger partial charge in [0.05, 0.1) is 13.0 Å². The third kappa shape index (κ3) is 7.52. The average molecular weight is 341 g/mol. The second-order valence-electron chi connectivity index (χ2n) is 5.72. The summed E-state index contributed by atoms with van der Waals surface area (Å²) in [6.45, 7) is 1.12. The van der Waals surface area contributed by atoms with Gasteiger partial charge in [-0.05, 0) is 29.7 Å². The number of amides is 1. The summed E-state index contributed by atoms with van der Waals surface area (Å²) in [6.07, 6.45) is 1.44. The summed E-state index contributed by atoms with van der Waals surface area (Å²) < 4.78 is 5.74. The molecular formula is C20H23NO4.